The molecular formula is C15H25F2IN6. The SMILES string of the molecule is CN=C(NCc1nccn1C(F)F)NC1CN(C2CC2)CC1C.I. The highest BCUT2D eigenvalue weighted by molar-refractivity contribution is 14.0. The molecule has 1 saturated carbocycles. The van der Waals surface area contributed by atoms with E-state index in [4.69, 9.17) is 0 Å². The summed E-state index contributed by atoms with van der Waals surface area (Å²) in [5.74, 6) is 1.46. The lowest BCUT2D eigenvalue weighted by molar-refractivity contribution is 0.0668. The lowest BCUT2D eigenvalue weighted by Gasteiger charge is -2.20. The van der Waals surface area contributed by atoms with Gasteiger partial charge in [0.25, 0.3) is 0 Å². The maximum absolute atomic E-state index is 12.8. The lowest BCUT2D eigenvalue weighted by Crippen LogP contribution is -2.46. The third-order valence-corrected chi connectivity index (χ3v) is 4.62. The second kappa shape index (κ2) is 8.41. The Kier molecular flexibility index (Phi) is 6.79. The number of likely N-dealkylation sites (tertiary alicyclic amines) is 1. The molecule has 0 aromatic carbocycles. The normalized spacial score (nSPS) is 25.0. The quantitative estimate of drug-likeness (QED) is 0.407. The van der Waals surface area contributed by atoms with Crippen LogP contribution in [0.25, 0.3) is 0 Å². The van der Waals surface area contributed by atoms with Crippen molar-refractivity contribution in [3.8, 4) is 0 Å². The van der Waals surface area contributed by atoms with E-state index in [2.05, 4.69) is 32.4 Å². The predicted molar refractivity (Wildman–Crippen MR) is 99.8 cm³/mol. The molecule has 1 aliphatic heterocycles. The molecule has 136 valence electrons. The molecule has 1 aromatic heterocycles. The van der Waals surface area contributed by atoms with Gasteiger partial charge in [-0.1, -0.05) is 6.92 Å². The minimum Gasteiger partial charge on any atom is -0.352 e. The topological polar surface area (TPSA) is 57.5 Å². The predicted octanol–water partition coefficient (Wildman–Crippen LogP) is 2.04. The van der Waals surface area contributed by atoms with Crippen molar-refractivity contribution in [2.24, 2.45) is 10.9 Å². The van der Waals surface area contributed by atoms with Gasteiger partial charge in [0.1, 0.15) is 5.82 Å². The average Bonchev–Trinajstić information content (AvgIpc) is 3.15. The number of guanidine groups is 1. The van der Waals surface area contributed by atoms with E-state index < -0.39 is 6.55 Å². The van der Waals surface area contributed by atoms with Crippen molar-refractivity contribution in [3.63, 3.8) is 0 Å². The fourth-order valence-corrected chi connectivity index (χ4v) is 3.12. The Morgan fingerprint density at radius 3 is 2.79 bits per heavy atom. The number of hydrogen-bond acceptors (Lipinski definition) is 3. The van der Waals surface area contributed by atoms with Crippen LogP contribution in [0.2, 0.25) is 0 Å². The molecule has 0 amide bonds. The zero-order chi connectivity index (χ0) is 16.4. The number of aliphatic imine (C=N–C) groups is 1. The molecule has 2 aliphatic rings. The zero-order valence-corrected chi connectivity index (χ0v) is 16.3. The number of nitrogens with one attached hydrogen (secondary N) is 2. The van der Waals surface area contributed by atoms with E-state index in [0.717, 1.165) is 23.7 Å². The van der Waals surface area contributed by atoms with Gasteiger partial charge in [0.05, 0.1) is 6.54 Å². The molecule has 0 bridgehead atoms. The molecule has 24 heavy (non-hydrogen) atoms. The van der Waals surface area contributed by atoms with Gasteiger partial charge < -0.3 is 10.6 Å². The van der Waals surface area contributed by atoms with E-state index in [1.807, 2.05) is 0 Å². The number of hydrogen-bond donors (Lipinski definition) is 2. The fourth-order valence-electron chi connectivity index (χ4n) is 3.12. The molecule has 2 atom stereocenters. The van der Waals surface area contributed by atoms with Gasteiger partial charge >= 0.3 is 6.55 Å². The lowest BCUT2D eigenvalue weighted by atomic mass is 10.1. The maximum Gasteiger partial charge on any atom is 0.319 e. The molecular weight excluding hydrogens is 429 g/mol. The second-order valence-corrected chi connectivity index (χ2v) is 6.37. The van der Waals surface area contributed by atoms with Gasteiger partial charge in [-0.3, -0.25) is 14.5 Å². The van der Waals surface area contributed by atoms with Crippen molar-refractivity contribution >= 4 is 29.9 Å². The Morgan fingerprint density at radius 1 is 1.42 bits per heavy atom. The summed E-state index contributed by atoms with van der Waals surface area (Å²) in [6.45, 7) is 1.99. The number of alkyl halides is 2. The number of rotatable bonds is 5. The van der Waals surface area contributed by atoms with Gasteiger partial charge in [-0.15, -0.1) is 24.0 Å². The Bertz CT molecular complexity index is 560. The minimum absolute atomic E-state index is 0. The Labute approximate surface area is 158 Å². The molecule has 9 heteroatoms. The zero-order valence-electron chi connectivity index (χ0n) is 14.0. The molecule has 6 nitrogen and oxygen atoms in total. The summed E-state index contributed by atoms with van der Waals surface area (Å²) in [5, 5.41) is 6.49. The van der Waals surface area contributed by atoms with Crippen LogP contribution in [-0.2, 0) is 6.54 Å². The smallest absolute Gasteiger partial charge is 0.319 e. The van der Waals surface area contributed by atoms with Gasteiger partial charge in [-0.05, 0) is 18.8 Å². The van der Waals surface area contributed by atoms with Crippen molar-refractivity contribution in [2.45, 2.75) is 44.9 Å². The van der Waals surface area contributed by atoms with E-state index in [9.17, 15) is 8.78 Å². The first-order valence-electron chi connectivity index (χ1n) is 8.09. The number of nitrogens with zero attached hydrogens (tertiary/aromatic N) is 4. The van der Waals surface area contributed by atoms with Crippen LogP contribution in [0.4, 0.5) is 8.78 Å². The first-order valence-corrected chi connectivity index (χ1v) is 8.09. The van der Waals surface area contributed by atoms with Crippen molar-refractivity contribution < 1.29 is 8.78 Å². The summed E-state index contributed by atoms with van der Waals surface area (Å²) >= 11 is 0. The molecule has 2 N–H and O–H groups in total. The molecule has 2 heterocycles. The largest absolute Gasteiger partial charge is 0.352 e. The van der Waals surface area contributed by atoms with E-state index in [1.54, 1.807) is 7.05 Å². The second-order valence-electron chi connectivity index (χ2n) is 6.37. The van der Waals surface area contributed by atoms with Crippen molar-refractivity contribution in [2.75, 3.05) is 20.1 Å². The summed E-state index contributed by atoms with van der Waals surface area (Å²) in [6.07, 6.45) is 5.28. The Balaban J connectivity index is 0.00000208. The summed E-state index contributed by atoms with van der Waals surface area (Å²) in [5.41, 5.74) is 0. The van der Waals surface area contributed by atoms with E-state index in [1.165, 1.54) is 25.2 Å². The maximum atomic E-state index is 12.8. The van der Waals surface area contributed by atoms with Crippen LogP contribution in [0, 0.1) is 5.92 Å². The highest BCUT2D eigenvalue weighted by Crippen LogP contribution is 2.31. The summed E-state index contributed by atoms with van der Waals surface area (Å²) in [7, 11) is 1.69. The van der Waals surface area contributed by atoms with E-state index in [-0.39, 0.29) is 30.5 Å². The van der Waals surface area contributed by atoms with Crippen molar-refractivity contribution in [1.82, 2.24) is 25.1 Å². The van der Waals surface area contributed by atoms with Crippen LogP contribution in [0.15, 0.2) is 17.4 Å². The van der Waals surface area contributed by atoms with Crippen LogP contribution in [0.5, 0.6) is 0 Å². The average molecular weight is 454 g/mol. The van der Waals surface area contributed by atoms with Gasteiger partial charge in [-0.2, -0.15) is 8.78 Å². The standard InChI is InChI=1S/C15H24F2N6.HI/c1-10-8-22(11-3-4-11)9-12(10)21-15(18-2)20-7-13-19-5-6-23(13)14(16)17;/h5-6,10-12,14H,3-4,7-9H2,1-2H3,(H2,18,20,21);1H. The summed E-state index contributed by atoms with van der Waals surface area (Å²) in [6, 6.07) is 1.09. The van der Waals surface area contributed by atoms with Crippen LogP contribution in [0.1, 0.15) is 32.1 Å². The number of aromatic nitrogens is 2. The Morgan fingerprint density at radius 2 is 2.17 bits per heavy atom. The van der Waals surface area contributed by atoms with Gasteiger partial charge in [0, 0.05) is 44.6 Å². The van der Waals surface area contributed by atoms with Crippen LogP contribution in [0.3, 0.4) is 0 Å². The minimum atomic E-state index is -2.58. The van der Waals surface area contributed by atoms with E-state index in [0.29, 0.717) is 23.7 Å². The van der Waals surface area contributed by atoms with Crippen molar-refractivity contribution in [1.29, 1.82) is 0 Å². The first-order chi connectivity index (χ1) is 11.1. The van der Waals surface area contributed by atoms with Gasteiger partial charge in [0.2, 0.25) is 0 Å². The molecule has 1 aromatic rings. The molecule has 2 fully saturated rings. The molecule has 2 unspecified atom stereocenters. The van der Waals surface area contributed by atoms with Crippen LogP contribution < -0.4 is 10.6 Å². The highest BCUT2D eigenvalue weighted by Gasteiger charge is 2.38. The molecule has 1 aliphatic carbocycles. The molecule has 3 rings (SSSR count). The molecule has 1 saturated heterocycles. The first kappa shape index (κ1) is 19.4. The monoisotopic (exact) mass is 454 g/mol. The summed E-state index contributed by atoms with van der Waals surface area (Å²) in [4.78, 5) is 10.7. The van der Waals surface area contributed by atoms with Crippen LogP contribution >= 0.6 is 24.0 Å². The fraction of sp³-hybridized carbons (Fsp3) is 0.733. The van der Waals surface area contributed by atoms with Gasteiger partial charge in [0.15, 0.2) is 5.96 Å². The van der Waals surface area contributed by atoms with Crippen molar-refractivity contribution in [3.05, 3.63) is 18.2 Å². The third-order valence-electron chi connectivity index (χ3n) is 4.62. The van der Waals surface area contributed by atoms with Gasteiger partial charge in [-0.25, -0.2) is 4.98 Å². The van der Waals surface area contributed by atoms with Crippen LogP contribution in [-0.4, -0.2) is 52.6 Å². The Hall–Kier alpha value is -0.970. The third kappa shape index (κ3) is 4.56. The number of halogens is 3. The summed E-state index contributed by atoms with van der Waals surface area (Å²) < 4.78 is 26.5. The molecule has 0 radical (unpaired) electrons. The van der Waals surface area contributed by atoms with E-state index >= 15 is 0 Å². The number of imidazole rings is 1. The highest BCUT2D eigenvalue weighted by atomic mass is 127. The molecule has 0 spiro atoms.